The zero-order chi connectivity index (χ0) is 22.4. The molecular weight excluding hydrogens is 408 g/mol. The molecule has 0 spiro atoms. The molecule has 0 saturated heterocycles. The third-order valence-corrected chi connectivity index (χ3v) is 6.36. The molecule has 164 valence electrons. The summed E-state index contributed by atoms with van der Waals surface area (Å²) in [4.78, 5) is 13.6. The molecule has 2 heterocycles. The molecule has 7 nitrogen and oxygen atoms in total. The highest BCUT2D eigenvalue weighted by atomic mass is 16.5. The maximum Gasteiger partial charge on any atom is 0.233 e. The number of carbonyl (C=O) groups excluding carboxylic acids is 1. The molecule has 0 amide bonds. The van der Waals surface area contributed by atoms with E-state index < -0.39 is 5.92 Å². The van der Waals surface area contributed by atoms with Crippen LogP contribution in [-0.2, 0) is 4.79 Å². The number of hydrogen-bond donors (Lipinski definition) is 2. The van der Waals surface area contributed by atoms with Gasteiger partial charge in [0.1, 0.15) is 0 Å². The van der Waals surface area contributed by atoms with Crippen LogP contribution in [-0.4, -0.2) is 30.3 Å². The zero-order valence-corrected chi connectivity index (χ0v) is 18.1. The molecule has 3 aromatic rings. The number of nitrogens with zero attached hydrogens (tertiary/aromatic N) is 1. The number of rotatable bonds is 4. The summed E-state index contributed by atoms with van der Waals surface area (Å²) in [5.41, 5.74) is 4.96. The third-order valence-electron chi connectivity index (χ3n) is 6.36. The van der Waals surface area contributed by atoms with Crippen molar-refractivity contribution >= 4 is 11.7 Å². The Morgan fingerprint density at radius 1 is 1.06 bits per heavy atom. The molecular formula is C25H24N2O5. The van der Waals surface area contributed by atoms with Crippen LogP contribution in [0.25, 0.3) is 0 Å². The van der Waals surface area contributed by atoms with Crippen LogP contribution < -0.4 is 14.8 Å². The first-order valence-electron chi connectivity index (χ1n) is 10.5. The number of benzene rings is 2. The number of anilines is 1. The fraction of sp³-hybridized carbons (Fsp3) is 0.280. The second kappa shape index (κ2) is 7.75. The minimum Gasteiger partial charge on any atom is -0.502 e. The number of aromatic nitrogens is 1. The Morgan fingerprint density at radius 2 is 1.75 bits per heavy atom. The van der Waals surface area contributed by atoms with Crippen molar-refractivity contribution < 1.29 is 23.9 Å². The first kappa shape index (κ1) is 20.2. The fourth-order valence-corrected chi connectivity index (χ4v) is 4.85. The first-order valence-corrected chi connectivity index (χ1v) is 10.5. The number of phenolic OH excluding ortho intramolecular Hbond substituents is 1. The largest absolute Gasteiger partial charge is 0.502 e. The van der Waals surface area contributed by atoms with Crippen LogP contribution in [0.4, 0.5) is 5.88 Å². The molecule has 0 unspecified atom stereocenters. The highest BCUT2D eigenvalue weighted by Gasteiger charge is 2.41. The number of Topliss-reactive ketones (excluding diaryl/α,β-unsaturated/α-hetero) is 1. The Balaban J connectivity index is 1.67. The van der Waals surface area contributed by atoms with Gasteiger partial charge in [-0.2, -0.15) is 0 Å². The van der Waals surface area contributed by atoms with Crippen molar-refractivity contribution in [2.24, 2.45) is 0 Å². The van der Waals surface area contributed by atoms with Gasteiger partial charge in [-0.15, -0.1) is 0 Å². The number of aromatic hydroxyl groups is 1. The van der Waals surface area contributed by atoms with Gasteiger partial charge in [-0.1, -0.05) is 35.5 Å². The molecule has 0 bridgehead atoms. The number of aryl methyl sites for hydroxylation is 1. The van der Waals surface area contributed by atoms with Crippen molar-refractivity contribution in [3.05, 3.63) is 76.1 Å². The minimum atomic E-state index is -0.403. The van der Waals surface area contributed by atoms with Crippen LogP contribution in [0.2, 0.25) is 0 Å². The van der Waals surface area contributed by atoms with Gasteiger partial charge in [-0.05, 0) is 42.5 Å². The fourth-order valence-electron chi connectivity index (χ4n) is 4.85. The second-order valence-corrected chi connectivity index (χ2v) is 8.17. The summed E-state index contributed by atoms with van der Waals surface area (Å²) in [6.45, 7) is 1.86. The Kier molecular flexibility index (Phi) is 4.89. The Hall–Kier alpha value is -3.74. The van der Waals surface area contributed by atoms with E-state index in [-0.39, 0.29) is 28.9 Å². The predicted octanol–water partition coefficient (Wildman–Crippen LogP) is 4.66. The molecule has 2 N–H and O–H groups in total. The summed E-state index contributed by atoms with van der Waals surface area (Å²) in [6.07, 6.45) is 1.11. The van der Waals surface area contributed by atoms with Crippen LogP contribution in [0.15, 0.2) is 58.3 Å². The lowest BCUT2D eigenvalue weighted by Gasteiger charge is -2.34. The van der Waals surface area contributed by atoms with Crippen molar-refractivity contribution in [3.8, 4) is 17.2 Å². The molecule has 0 fully saturated rings. The lowest BCUT2D eigenvalue weighted by atomic mass is 9.72. The summed E-state index contributed by atoms with van der Waals surface area (Å²) in [5.74, 6) is 0.782. The Labute approximate surface area is 185 Å². The van der Waals surface area contributed by atoms with Crippen molar-refractivity contribution in [1.29, 1.82) is 0 Å². The lowest BCUT2D eigenvalue weighted by Crippen LogP contribution is -2.29. The maximum absolute atomic E-state index is 13.6. The van der Waals surface area contributed by atoms with E-state index in [1.165, 1.54) is 14.2 Å². The van der Waals surface area contributed by atoms with Crippen molar-refractivity contribution in [1.82, 2.24) is 5.16 Å². The van der Waals surface area contributed by atoms with Gasteiger partial charge in [-0.3, -0.25) is 4.79 Å². The quantitative estimate of drug-likeness (QED) is 0.619. The first-order chi connectivity index (χ1) is 15.5. The Bertz CT molecular complexity index is 1200. The zero-order valence-electron chi connectivity index (χ0n) is 18.1. The van der Waals surface area contributed by atoms with Crippen molar-refractivity contribution in [3.63, 3.8) is 0 Å². The molecule has 5 rings (SSSR count). The summed E-state index contributed by atoms with van der Waals surface area (Å²) < 4.78 is 16.3. The number of allylic oxidation sites excluding steroid dienone is 2. The van der Waals surface area contributed by atoms with Gasteiger partial charge in [0.25, 0.3) is 0 Å². The average molecular weight is 432 g/mol. The molecule has 32 heavy (non-hydrogen) atoms. The van der Waals surface area contributed by atoms with Crippen LogP contribution in [0.1, 0.15) is 47.1 Å². The summed E-state index contributed by atoms with van der Waals surface area (Å²) >= 11 is 0. The van der Waals surface area contributed by atoms with Gasteiger partial charge in [0.05, 0.1) is 25.5 Å². The SMILES string of the molecule is COc1cc([C@@H]2C3=C(C[C@@H](c4ccccc4)CC3=O)Nc3onc(C)c32)cc(OC)c1O. The van der Waals surface area contributed by atoms with Crippen molar-refractivity contribution in [2.75, 3.05) is 19.5 Å². The topological polar surface area (TPSA) is 93.8 Å². The Morgan fingerprint density at radius 3 is 2.41 bits per heavy atom. The highest BCUT2D eigenvalue weighted by Crippen LogP contribution is 2.51. The van der Waals surface area contributed by atoms with E-state index in [1.54, 1.807) is 12.1 Å². The standard InChI is InChI=1S/C25H24N2O5/c1-13-21-22(16-11-19(30-2)24(29)20(12-16)31-3)23-17(26-25(21)32-27-13)9-15(10-18(23)28)14-7-5-4-6-8-14/h4-8,11-12,15,22,26,29H,9-10H2,1-3H3/t15-,22+/m1/s1. The van der Waals surface area contributed by atoms with Crippen LogP contribution in [0.3, 0.4) is 0 Å². The van der Waals surface area contributed by atoms with E-state index in [0.29, 0.717) is 30.0 Å². The van der Waals surface area contributed by atoms with Crippen LogP contribution in [0.5, 0.6) is 17.2 Å². The highest BCUT2D eigenvalue weighted by molar-refractivity contribution is 6.01. The second-order valence-electron chi connectivity index (χ2n) is 8.17. The van der Waals surface area contributed by atoms with E-state index in [2.05, 4.69) is 22.6 Å². The molecule has 1 aromatic heterocycles. The maximum atomic E-state index is 13.6. The third kappa shape index (κ3) is 3.12. The van der Waals surface area contributed by atoms with Crippen LogP contribution in [0, 0.1) is 6.92 Å². The molecule has 2 atom stereocenters. The van der Waals surface area contributed by atoms with Gasteiger partial charge in [0.15, 0.2) is 17.3 Å². The van der Waals surface area contributed by atoms with Gasteiger partial charge in [0.2, 0.25) is 11.6 Å². The number of ether oxygens (including phenoxy) is 2. The monoisotopic (exact) mass is 432 g/mol. The number of phenols is 1. The molecule has 0 radical (unpaired) electrons. The van der Waals surface area contributed by atoms with Crippen LogP contribution >= 0.6 is 0 Å². The number of carbonyl (C=O) groups is 1. The normalized spacial score (nSPS) is 19.8. The summed E-state index contributed by atoms with van der Waals surface area (Å²) in [7, 11) is 2.97. The van der Waals surface area contributed by atoms with Crippen molar-refractivity contribution in [2.45, 2.75) is 31.6 Å². The minimum absolute atomic E-state index is 0.0786. The lowest BCUT2D eigenvalue weighted by molar-refractivity contribution is -0.116. The van der Waals surface area contributed by atoms with E-state index in [9.17, 15) is 9.90 Å². The van der Waals surface area contributed by atoms with Gasteiger partial charge >= 0.3 is 0 Å². The number of methoxy groups -OCH3 is 2. The number of hydrogen-bond acceptors (Lipinski definition) is 7. The number of fused-ring (bicyclic) bond motifs is 1. The molecule has 2 aliphatic rings. The van der Waals surface area contributed by atoms with E-state index in [1.807, 2.05) is 25.1 Å². The molecule has 1 aliphatic carbocycles. The van der Waals surface area contributed by atoms with E-state index in [4.69, 9.17) is 14.0 Å². The smallest absolute Gasteiger partial charge is 0.233 e. The molecule has 7 heteroatoms. The summed E-state index contributed by atoms with van der Waals surface area (Å²) in [6, 6.07) is 13.6. The van der Waals surface area contributed by atoms with Gasteiger partial charge in [0, 0.05) is 23.6 Å². The molecule has 1 aliphatic heterocycles. The van der Waals surface area contributed by atoms with Gasteiger partial charge < -0.3 is 24.4 Å². The number of nitrogens with one attached hydrogen (secondary N) is 1. The molecule has 2 aromatic carbocycles. The van der Waals surface area contributed by atoms with E-state index in [0.717, 1.165) is 22.4 Å². The molecule has 0 saturated carbocycles. The van der Waals surface area contributed by atoms with E-state index >= 15 is 0 Å². The van der Waals surface area contributed by atoms with Gasteiger partial charge in [-0.25, -0.2) is 0 Å². The average Bonchev–Trinajstić information content (AvgIpc) is 3.18. The number of ketones is 1. The summed E-state index contributed by atoms with van der Waals surface area (Å²) in [5, 5.41) is 17.9. The predicted molar refractivity (Wildman–Crippen MR) is 118 cm³/mol.